The summed E-state index contributed by atoms with van der Waals surface area (Å²) in [4.78, 5) is 12.1. The van der Waals surface area contributed by atoms with Gasteiger partial charge in [0.25, 0.3) is 5.92 Å². The highest BCUT2D eigenvalue weighted by Gasteiger charge is 2.45. The van der Waals surface area contributed by atoms with Crippen LogP contribution in [0.5, 0.6) is 0 Å². The lowest BCUT2D eigenvalue weighted by Gasteiger charge is -2.44. The van der Waals surface area contributed by atoms with E-state index in [2.05, 4.69) is 0 Å². The van der Waals surface area contributed by atoms with Crippen molar-refractivity contribution in [3.63, 3.8) is 0 Å². The van der Waals surface area contributed by atoms with Gasteiger partial charge >= 0.3 is 5.97 Å². The van der Waals surface area contributed by atoms with E-state index in [1.807, 2.05) is 20.8 Å². The van der Waals surface area contributed by atoms with Gasteiger partial charge in [0.1, 0.15) is 0 Å². The topological polar surface area (TPSA) is 40.5 Å². The molecule has 3 nitrogen and oxygen atoms in total. The highest BCUT2D eigenvalue weighted by atomic mass is 19.3. The molecule has 1 saturated heterocycles. The quantitative estimate of drug-likeness (QED) is 0.762. The summed E-state index contributed by atoms with van der Waals surface area (Å²) in [6.07, 6.45) is 2.21. The van der Waals surface area contributed by atoms with Crippen molar-refractivity contribution in [3.05, 3.63) is 12.2 Å². The molecule has 0 saturated carbocycles. The van der Waals surface area contributed by atoms with Gasteiger partial charge in [-0.1, -0.05) is 6.08 Å². The van der Waals surface area contributed by atoms with Gasteiger partial charge in [-0.2, -0.15) is 0 Å². The molecule has 1 aliphatic rings. The zero-order valence-electron chi connectivity index (χ0n) is 10.4. The van der Waals surface area contributed by atoms with Gasteiger partial charge in [0, 0.05) is 17.5 Å². The van der Waals surface area contributed by atoms with Gasteiger partial charge in [-0.3, -0.25) is 4.90 Å². The molecule has 0 aromatic carbocycles. The molecule has 5 heteroatoms. The van der Waals surface area contributed by atoms with Crippen molar-refractivity contribution in [1.82, 2.24) is 4.90 Å². The maximum atomic E-state index is 13.8. The SMILES string of the molecule is CC(C)(C)N1CCC(/C=C/C(=O)O)C(F)(F)C1. The highest BCUT2D eigenvalue weighted by molar-refractivity contribution is 5.79. The van der Waals surface area contributed by atoms with Gasteiger partial charge in [-0.25, -0.2) is 13.6 Å². The molecule has 1 aliphatic heterocycles. The Morgan fingerprint density at radius 3 is 2.47 bits per heavy atom. The number of allylic oxidation sites excluding steroid dienone is 1. The Bertz CT molecular complexity index is 321. The summed E-state index contributed by atoms with van der Waals surface area (Å²) in [7, 11) is 0. The van der Waals surface area contributed by atoms with Crippen LogP contribution in [0.1, 0.15) is 27.2 Å². The number of halogens is 2. The van der Waals surface area contributed by atoms with E-state index in [-0.39, 0.29) is 18.5 Å². The minimum absolute atomic E-state index is 0.286. The largest absolute Gasteiger partial charge is 0.478 e. The fraction of sp³-hybridized carbons (Fsp3) is 0.750. The molecule has 1 fully saturated rings. The summed E-state index contributed by atoms with van der Waals surface area (Å²) >= 11 is 0. The Kier molecular flexibility index (Phi) is 3.91. The van der Waals surface area contributed by atoms with Crippen molar-refractivity contribution in [2.45, 2.75) is 38.7 Å². The van der Waals surface area contributed by atoms with Crippen molar-refractivity contribution < 1.29 is 18.7 Å². The van der Waals surface area contributed by atoms with Gasteiger partial charge in [0.15, 0.2) is 0 Å². The van der Waals surface area contributed by atoms with Gasteiger partial charge in [-0.15, -0.1) is 0 Å². The lowest BCUT2D eigenvalue weighted by atomic mass is 9.89. The van der Waals surface area contributed by atoms with E-state index in [0.29, 0.717) is 6.54 Å². The highest BCUT2D eigenvalue weighted by Crippen LogP contribution is 2.36. The molecule has 0 spiro atoms. The average molecular weight is 247 g/mol. The van der Waals surface area contributed by atoms with E-state index >= 15 is 0 Å². The maximum Gasteiger partial charge on any atom is 0.327 e. The second-order valence-corrected chi connectivity index (χ2v) is 5.45. The monoisotopic (exact) mass is 247 g/mol. The third kappa shape index (κ3) is 3.77. The maximum absolute atomic E-state index is 13.8. The van der Waals surface area contributed by atoms with E-state index in [1.54, 1.807) is 4.90 Å². The molecule has 1 atom stereocenters. The molecule has 17 heavy (non-hydrogen) atoms. The number of alkyl halides is 2. The summed E-state index contributed by atoms with van der Waals surface area (Å²) in [5, 5.41) is 8.45. The zero-order chi connectivity index (χ0) is 13.3. The first kappa shape index (κ1) is 14.1. The molecule has 0 amide bonds. The summed E-state index contributed by atoms with van der Waals surface area (Å²) in [5.41, 5.74) is -0.287. The third-order valence-electron chi connectivity index (χ3n) is 3.07. The molecule has 0 radical (unpaired) electrons. The molecule has 0 aromatic heterocycles. The molecule has 1 rings (SSSR count). The standard InChI is InChI=1S/C12H19F2NO2/c1-11(2,3)15-7-6-9(4-5-10(16)17)12(13,14)8-15/h4-5,9H,6-8H2,1-3H3,(H,16,17)/b5-4+. The number of nitrogens with zero attached hydrogens (tertiary/aromatic N) is 1. The summed E-state index contributed by atoms with van der Waals surface area (Å²) < 4.78 is 27.6. The molecular weight excluding hydrogens is 228 g/mol. The van der Waals surface area contributed by atoms with E-state index in [9.17, 15) is 13.6 Å². The Hall–Kier alpha value is -0.970. The van der Waals surface area contributed by atoms with Crippen LogP contribution in [0.3, 0.4) is 0 Å². The van der Waals surface area contributed by atoms with Crippen LogP contribution in [0.2, 0.25) is 0 Å². The van der Waals surface area contributed by atoms with Crippen LogP contribution in [-0.2, 0) is 4.79 Å². The Balaban J connectivity index is 2.73. The van der Waals surface area contributed by atoms with Crippen LogP contribution in [0.4, 0.5) is 8.78 Å². The van der Waals surface area contributed by atoms with Crippen molar-refractivity contribution in [2.24, 2.45) is 5.92 Å². The summed E-state index contributed by atoms with van der Waals surface area (Å²) in [6.45, 7) is 5.95. The number of hydrogen-bond donors (Lipinski definition) is 1. The average Bonchev–Trinajstić information content (AvgIpc) is 2.12. The fourth-order valence-electron chi connectivity index (χ4n) is 1.96. The van der Waals surface area contributed by atoms with Crippen molar-refractivity contribution in [2.75, 3.05) is 13.1 Å². The van der Waals surface area contributed by atoms with Crippen molar-refractivity contribution >= 4 is 5.97 Å². The molecule has 98 valence electrons. The van der Waals surface area contributed by atoms with E-state index in [4.69, 9.17) is 5.11 Å². The first-order valence-electron chi connectivity index (χ1n) is 5.67. The van der Waals surface area contributed by atoms with E-state index < -0.39 is 17.8 Å². The van der Waals surface area contributed by atoms with Crippen molar-refractivity contribution in [1.29, 1.82) is 0 Å². The van der Waals surface area contributed by atoms with Crippen LogP contribution in [0.25, 0.3) is 0 Å². The summed E-state index contributed by atoms with van der Waals surface area (Å²) in [5.74, 6) is -5.02. The lowest BCUT2D eigenvalue weighted by Crippen LogP contribution is -2.54. The summed E-state index contributed by atoms with van der Waals surface area (Å²) in [6, 6.07) is 0. The van der Waals surface area contributed by atoms with Gasteiger partial charge < -0.3 is 5.11 Å². The molecular formula is C12H19F2NO2. The Morgan fingerprint density at radius 2 is 2.06 bits per heavy atom. The number of rotatable bonds is 2. The zero-order valence-corrected chi connectivity index (χ0v) is 10.4. The van der Waals surface area contributed by atoms with Crippen molar-refractivity contribution in [3.8, 4) is 0 Å². The number of hydrogen-bond acceptors (Lipinski definition) is 2. The third-order valence-corrected chi connectivity index (χ3v) is 3.07. The molecule has 0 aromatic rings. The fourth-order valence-corrected chi connectivity index (χ4v) is 1.96. The molecule has 1 heterocycles. The van der Waals surface area contributed by atoms with Gasteiger partial charge in [0.2, 0.25) is 0 Å². The number of carbonyl (C=O) groups is 1. The number of carboxylic acids is 1. The predicted molar refractivity (Wildman–Crippen MR) is 61.2 cm³/mol. The Morgan fingerprint density at radius 1 is 1.47 bits per heavy atom. The lowest BCUT2D eigenvalue weighted by molar-refractivity contribution is -0.131. The molecule has 1 N–H and O–H groups in total. The van der Waals surface area contributed by atoms with Crippen LogP contribution in [0, 0.1) is 5.92 Å². The van der Waals surface area contributed by atoms with Crippen LogP contribution >= 0.6 is 0 Å². The first-order chi connectivity index (χ1) is 7.63. The van der Waals surface area contributed by atoms with Gasteiger partial charge in [0.05, 0.1) is 6.54 Å². The second-order valence-electron chi connectivity index (χ2n) is 5.45. The number of piperidine rings is 1. The smallest absolute Gasteiger partial charge is 0.327 e. The van der Waals surface area contributed by atoms with Crippen LogP contribution in [-0.4, -0.2) is 40.5 Å². The normalized spacial score (nSPS) is 26.3. The second kappa shape index (κ2) is 4.72. The van der Waals surface area contributed by atoms with Crippen LogP contribution in [0.15, 0.2) is 12.2 Å². The Labute approximate surface area is 100 Å². The molecule has 0 bridgehead atoms. The first-order valence-corrected chi connectivity index (χ1v) is 5.67. The number of aliphatic carboxylic acids is 1. The number of likely N-dealkylation sites (tertiary alicyclic amines) is 1. The minimum atomic E-state index is -2.86. The number of carboxylic acid groups (broad SMARTS) is 1. The molecule has 0 aliphatic carbocycles. The van der Waals surface area contributed by atoms with E-state index in [0.717, 1.165) is 12.2 Å². The van der Waals surface area contributed by atoms with Crippen LogP contribution < -0.4 is 0 Å². The minimum Gasteiger partial charge on any atom is -0.478 e. The van der Waals surface area contributed by atoms with E-state index in [1.165, 1.54) is 0 Å². The van der Waals surface area contributed by atoms with Gasteiger partial charge in [-0.05, 0) is 33.7 Å². The molecule has 1 unspecified atom stereocenters. The predicted octanol–water partition coefficient (Wildman–Crippen LogP) is 2.38.